The predicted octanol–water partition coefficient (Wildman–Crippen LogP) is 3.39. The molecule has 0 heterocycles. The lowest BCUT2D eigenvalue weighted by atomic mass is 10.2. The Balaban J connectivity index is 2.51. The molecule has 0 saturated carbocycles. The molecule has 1 amide bonds. The van der Waals surface area contributed by atoms with Gasteiger partial charge < -0.3 is 10.1 Å². The van der Waals surface area contributed by atoms with Crippen molar-refractivity contribution in [3.05, 3.63) is 29.8 Å². The molecule has 18 heavy (non-hydrogen) atoms. The van der Waals surface area contributed by atoms with Crippen molar-refractivity contribution in [2.24, 2.45) is 0 Å². The topological polar surface area (TPSA) is 38.3 Å². The van der Waals surface area contributed by atoms with Crippen LogP contribution in [0.25, 0.3) is 0 Å². The summed E-state index contributed by atoms with van der Waals surface area (Å²) in [5.41, 5.74) is 0.679. The first-order chi connectivity index (χ1) is 8.67. The number of carbonyl (C=O) groups is 1. The molecule has 1 rings (SSSR count). The standard InChI is InChI=1S/C15H23NO2/c1-4-6-11-18-14-9-7-13(8-10-14)15(17)16-12(3)5-2/h7-10,12H,4-6,11H2,1-3H3,(H,16,17)/t12-/m0/s1. The number of carbonyl (C=O) groups excluding carboxylic acids is 1. The van der Waals surface area contributed by atoms with Crippen LogP contribution in [0.2, 0.25) is 0 Å². The lowest BCUT2D eigenvalue weighted by Gasteiger charge is -2.11. The minimum Gasteiger partial charge on any atom is -0.494 e. The summed E-state index contributed by atoms with van der Waals surface area (Å²) >= 11 is 0. The van der Waals surface area contributed by atoms with Crippen molar-refractivity contribution in [1.82, 2.24) is 5.32 Å². The Kier molecular flexibility index (Phi) is 6.26. The van der Waals surface area contributed by atoms with Crippen molar-refractivity contribution in [2.75, 3.05) is 6.61 Å². The second kappa shape index (κ2) is 7.75. The monoisotopic (exact) mass is 249 g/mol. The number of nitrogens with one attached hydrogen (secondary N) is 1. The molecule has 1 aromatic rings. The SMILES string of the molecule is CCCCOc1ccc(C(=O)N[C@@H](C)CC)cc1. The van der Waals surface area contributed by atoms with Crippen LogP contribution in [0.15, 0.2) is 24.3 Å². The van der Waals surface area contributed by atoms with Crippen LogP contribution >= 0.6 is 0 Å². The quantitative estimate of drug-likeness (QED) is 0.752. The number of hydrogen-bond acceptors (Lipinski definition) is 2. The second-order valence-corrected chi connectivity index (χ2v) is 4.51. The maximum Gasteiger partial charge on any atom is 0.251 e. The smallest absolute Gasteiger partial charge is 0.251 e. The molecule has 3 heteroatoms. The number of ether oxygens (including phenoxy) is 1. The van der Waals surface area contributed by atoms with E-state index in [9.17, 15) is 4.79 Å². The lowest BCUT2D eigenvalue weighted by Crippen LogP contribution is -2.31. The highest BCUT2D eigenvalue weighted by Gasteiger charge is 2.08. The van der Waals surface area contributed by atoms with Crippen molar-refractivity contribution >= 4 is 5.91 Å². The molecule has 0 aliphatic rings. The summed E-state index contributed by atoms with van der Waals surface area (Å²) in [4.78, 5) is 11.8. The molecule has 1 atom stereocenters. The Hall–Kier alpha value is -1.51. The average Bonchev–Trinajstić information content (AvgIpc) is 2.39. The predicted molar refractivity (Wildman–Crippen MR) is 74.1 cm³/mol. The number of rotatable bonds is 7. The van der Waals surface area contributed by atoms with Crippen molar-refractivity contribution in [3.8, 4) is 5.75 Å². The summed E-state index contributed by atoms with van der Waals surface area (Å²) in [6, 6.07) is 7.51. The van der Waals surface area contributed by atoms with Gasteiger partial charge in [-0.15, -0.1) is 0 Å². The van der Waals surface area contributed by atoms with E-state index in [1.165, 1.54) is 0 Å². The highest BCUT2D eigenvalue weighted by Crippen LogP contribution is 2.13. The van der Waals surface area contributed by atoms with Gasteiger partial charge in [-0.05, 0) is 44.0 Å². The fourth-order valence-electron chi connectivity index (χ4n) is 1.45. The van der Waals surface area contributed by atoms with Crippen LogP contribution in [0.1, 0.15) is 50.4 Å². The van der Waals surface area contributed by atoms with Crippen LogP contribution in [0.4, 0.5) is 0 Å². The molecule has 0 spiro atoms. The molecule has 0 radical (unpaired) electrons. The third-order valence-corrected chi connectivity index (χ3v) is 2.87. The molecule has 0 bridgehead atoms. The van der Waals surface area contributed by atoms with Gasteiger partial charge in [0.05, 0.1) is 6.61 Å². The minimum absolute atomic E-state index is 0.0236. The van der Waals surface area contributed by atoms with E-state index in [1.807, 2.05) is 19.1 Å². The van der Waals surface area contributed by atoms with Crippen LogP contribution in [0.3, 0.4) is 0 Å². The van der Waals surface area contributed by atoms with Gasteiger partial charge in [0.25, 0.3) is 5.91 Å². The third-order valence-electron chi connectivity index (χ3n) is 2.87. The summed E-state index contributed by atoms with van der Waals surface area (Å²) in [6.07, 6.45) is 3.11. The van der Waals surface area contributed by atoms with Gasteiger partial charge in [0, 0.05) is 11.6 Å². The molecular formula is C15H23NO2. The molecule has 0 aliphatic carbocycles. The van der Waals surface area contributed by atoms with Gasteiger partial charge in [0.1, 0.15) is 5.75 Å². The van der Waals surface area contributed by atoms with Gasteiger partial charge in [0.2, 0.25) is 0 Å². The normalized spacial score (nSPS) is 11.9. The first-order valence-electron chi connectivity index (χ1n) is 6.71. The summed E-state index contributed by atoms with van der Waals surface area (Å²) in [5.74, 6) is 0.799. The van der Waals surface area contributed by atoms with Crippen LogP contribution in [-0.2, 0) is 0 Å². The van der Waals surface area contributed by atoms with Gasteiger partial charge in [0.15, 0.2) is 0 Å². The molecule has 0 unspecified atom stereocenters. The van der Waals surface area contributed by atoms with Crippen LogP contribution in [0.5, 0.6) is 5.75 Å². The molecule has 1 aromatic carbocycles. The van der Waals surface area contributed by atoms with E-state index in [0.717, 1.165) is 31.6 Å². The molecule has 0 aromatic heterocycles. The van der Waals surface area contributed by atoms with Crippen molar-refractivity contribution in [2.45, 2.75) is 46.1 Å². The Morgan fingerprint density at radius 3 is 2.50 bits per heavy atom. The first kappa shape index (κ1) is 14.6. The third kappa shape index (κ3) is 4.78. The van der Waals surface area contributed by atoms with E-state index in [1.54, 1.807) is 12.1 Å². The maximum absolute atomic E-state index is 11.8. The Morgan fingerprint density at radius 2 is 1.94 bits per heavy atom. The van der Waals surface area contributed by atoms with E-state index < -0.39 is 0 Å². The van der Waals surface area contributed by atoms with Crippen molar-refractivity contribution in [3.63, 3.8) is 0 Å². The van der Waals surface area contributed by atoms with E-state index in [2.05, 4.69) is 19.2 Å². The van der Waals surface area contributed by atoms with Crippen molar-refractivity contribution in [1.29, 1.82) is 0 Å². The Morgan fingerprint density at radius 1 is 1.28 bits per heavy atom. The first-order valence-corrected chi connectivity index (χ1v) is 6.71. The van der Waals surface area contributed by atoms with Crippen LogP contribution in [-0.4, -0.2) is 18.6 Å². The summed E-state index contributed by atoms with van der Waals surface area (Å²) in [7, 11) is 0. The van der Waals surface area contributed by atoms with Crippen LogP contribution < -0.4 is 10.1 Å². The summed E-state index contributed by atoms with van der Waals surface area (Å²) in [5, 5.41) is 2.94. The molecule has 0 aliphatic heterocycles. The molecular weight excluding hydrogens is 226 g/mol. The number of hydrogen-bond donors (Lipinski definition) is 1. The Bertz CT molecular complexity index is 359. The van der Waals surface area contributed by atoms with E-state index >= 15 is 0 Å². The van der Waals surface area contributed by atoms with Crippen LogP contribution in [0, 0.1) is 0 Å². The zero-order valence-electron chi connectivity index (χ0n) is 11.5. The zero-order valence-corrected chi connectivity index (χ0v) is 11.5. The minimum atomic E-state index is -0.0236. The molecule has 100 valence electrons. The number of amides is 1. The largest absolute Gasteiger partial charge is 0.494 e. The van der Waals surface area contributed by atoms with E-state index in [-0.39, 0.29) is 11.9 Å². The number of unbranched alkanes of at least 4 members (excludes halogenated alkanes) is 1. The molecule has 3 nitrogen and oxygen atoms in total. The summed E-state index contributed by atoms with van der Waals surface area (Å²) < 4.78 is 5.55. The van der Waals surface area contributed by atoms with Gasteiger partial charge in [-0.2, -0.15) is 0 Å². The zero-order chi connectivity index (χ0) is 13.4. The fraction of sp³-hybridized carbons (Fsp3) is 0.533. The van der Waals surface area contributed by atoms with E-state index in [0.29, 0.717) is 5.56 Å². The molecule has 1 N–H and O–H groups in total. The highest BCUT2D eigenvalue weighted by molar-refractivity contribution is 5.94. The molecule has 0 fully saturated rings. The highest BCUT2D eigenvalue weighted by atomic mass is 16.5. The average molecular weight is 249 g/mol. The molecule has 0 saturated heterocycles. The summed E-state index contributed by atoms with van der Waals surface area (Å²) in [6.45, 7) is 6.91. The van der Waals surface area contributed by atoms with E-state index in [4.69, 9.17) is 4.74 Å². The number of benzene rings is 1. The van der Waals surface area contributed by atoms with Gasteiger partial charge in [-0.1, -0.05) is 20.3 Å². The van der Waals surface area contributed by atoms with Gasteiger partial charge in [-0.3, -0.25) is 4.79 Å². The van der Waals surface area contributed by atoms with Gasteiger partial charge >= 0.3 is 0 Å². The lowest BCUT2D eigenvalue weighted by molar-refractivity contribution is 0.0939. The second-order valence-electron chi connectivity index (χ2n) is 4.51. The Labute approximate surface area is 110 Å². The van der Waals surface area contributed by atoms with Crippen molar-refractivity contribution < 1.29 is 9.53 Å². The maximum atomic E-state index is 11.8. The fourth-order valence-corrected chi connectivity index (χ4v) is 1.45. The van der Waals surface area contributed by atoms with Gasteiger partial charge in [-0.25, -0.2) is 0 Å².